The Morgan fingerprint density at radius 3 is 3.00 bits per heavy atom. The first-order valence-corrected chi connectivity index (χ1v) is 7.14. The van der Waals surface area contributed by atoms with Crippen LogP contribution in [0.4, 0.5) is 0 Å². The number of fused-ring (bicyclic) bond motifs is 1. The highest BCUT2D eigenvalue weighted by Crippen LogP contribution is 2.34. The molecular weight excluding hydrogens is 238 g/mol. The van der Waals surface area contributed by atoms with Crippen LogP contribution < -0.4 is 5.32 Å². The monoisotopic (exact) mass is 259 g/mol. The fraction of sp³-hybridized carbons (Fsp3) is 0.643. The van der Waals surface area contributed by atoms with Crippen molar-refractivity contribution in [1.29, 1.82) is 0 Å². The SMILES string of the molecule is CCCNC(Cc1ncnc2c1cnn2C)C1CC1. The molecule has 0 radical (unpaired) electrons. The lowest BCUT2D eigenvalue weighted by atomic mass is 10.0. The minimum atomic E-state index is 0.554. The first kappa shape index (κ1) is 12.5. The van der Waals surface area contributed by atoms with Crippen LogP contribution in [-0.2, 0) is 13.5 Å². The van der Waals surface area contributed by atoms with Crippen molar-refractivity contribution >= 4 is 11.0 Å². The molecule has 1 saturated carbocycles. The molecule has 0 aliphatic heterocycles. The highest BCUT2D eigenvalue weighted by Gasteiger charge is 2.31. The van der Waals surface area contributed by atoms with Gasteiger partial charge in [-0.15, -0.1) is 0 Å². The zero-order chi connectivity index (χ0) is 13.2. The second-order valence-corrected chi connectivity index (χ2v) is 5.43. The zero-order valence-corrected chi connectivity index (χ0v) is 11.6. The highest BCUT2D eigenvalue weighted by molar-refractivity contribution is 5.76. The van der Waals surface area contributed by atoms with Gasteiger partial charge in [0.05, 0.1) is 17.3 Å². The Morgan fingerprint density at radius 2 is 2.26 bits per heavy atom. The van der Waals surface area contributed by atoms with Gasteiger partial charge in [0.1, 0.15) is 6.33 Å². The lowest BCUT2D eigenvalue weighted by Crippen LogP contribution is -2.34. The Morgan fingerprint density at radius 1 is 1.42 bits per heavy atom. The first-order chi connectivity index (χ1) is 9.29. The molecular formula is C14H21N5. The Bertz CT molecular complexity index is 558. The molecule has 102 valence electrons. The number of nitrogens with one attached hydrogen (secondary N) is 1. The van der Waals surface area contributed by atoms with E-state index in [4.69, 9.17) is 0 Å². The number of hydrogen-bond acceptors (Lipinski definition) is 4. The number of rotatable bonds is 6. The molecule has 0 aromatic carbocycles. The minimum absolute atomic E-state index is 0.554. The summed E-state index contributed by atoms with van der Waals surface area (Å²) >= 11 is 0. The maximum absolute atomic E-state index is 4.47. The fourth-order valence-electron chi connectivity index (χ4n) is 2.62. The van der Waals surface area contributed by atoms with Crippen molar-refractivity contribution in [2.75, 3.05) is 6.54 Å². The summed E-state index contributed by atoms with van der Waals surface area (Å²) in [5, 5.41) is 9.04. The van der Waals surface area contributed by atoms with Crippen molar-refractivity contribution in [2.24, 2.45) is 13.0 Å². The predicted octanol–water partition coefficient (Wildman–Crippen LogP) is 1.68. The summed E-state index contributed by atoms with van der Waals surface area (Å²) in [5.74, 6) is 0.827. The van der Waals surface area contributed by atoms with Gasteiger partial charge < -0.3 is 5.32 Å². The van der Waals surface area contributed by atoms with Gasteiger partial charge in [0, 0.05) is 19.5 Å². The maximum atomic E-state index is 4.47. The van der Waals surface area contributed by atoms with Crippen LogP contribution in [-0.4, -0.2) is 32.3 Å². The second kappa shape index (κ2) is 5.25. The highest BCUT2D eigenvalue weighted by atomic mass is 15.3. The average molecular weight is 259 g/mol. The number of hydrogen-bond donors (Lipinski definition) is 1. The van der Waals surface area contributed by atoms with E-state index in [2.05, 4.69) is 27.3 Å². The largest absolute Gasteiger partial charge is 0.313 e. The van der Waals surface area contributed by atoms with Gasteiger partial charge in [-0.1, -0.05) is 6.92 Å². The van der Waals surface area contributed by atoms with E-state index in [9.17, 15) is 0 Å². The third-order valence-corrected chi connectivity index (χ3v) is 3.87. The van der Waals surface area contributed by atoms with Gasteiger partial charge in [-0.05, 0) is 31.7 Å². The summed E-state index contributed by atoms with van der Waals surface area (Å²) in [6.07, 6.45) is 8.40. The molecule has 1 unspecified atom stereocenters. The molecule has 1 fully saturated rings. The van der Waals surface area contributed by atoms with Gasteiger partial charge in [-0.25, -0.2) is 9.97 Å². The van der Waals surface area contributed by atoms with E-state index in [-0.39, 0.29) is 0 Å². The summed E-state index contributed by atoms with van der Waals surface area (Å²) < 4.78 is 1.81. The first-order valence-electron chi connectivity index (χ1n) is 7.14. The fourth-order valence-corrected chi connectivity index (χ4v) is 2.62. The quantitative estimate of drug-likeness (QED) is 0.857. The molecule has 1 N–H and O–H groups in total. The second-order valence-electron chi connectivity index (χ2n) is 5.43. The Hall–Kier alpha value is -1.49. The lowest BCUT2D eigenvalue weighted by molar-refractivity contribution is 0.457. The molecule has 0 spiro atoms. The van der Waals surface area contributed by atoms with Crippen LogP contribution in [0.3, 0.4) is 0 Å². The van der Waals surface area contributed by atoms with Crippen LogP contribution in [0.2, 0.25) is 0 Å². The van der Waals surface area contributed by atoms with Crippen molar-refractivity contribution in [2.45, 2.75) is 38.6 Å². The normalized spacial score (nSPS) is 16.9. The standard InChI is InChI=1S/C14H21N5/c1-3-6-15-12(10-4-5-10)7-13-11-8-18-19(2)14(11)17-9-16-13/h8-10,12,15H,3-7H2,1-2H3. The molecule has 2 aromatic rings. The lowest BCUT2D eigenvalue weighted by Gasteiger charge is -2.17. The summed E-state index contributed by atoms with van der Waals surface area (Å²) in [4.78, 5) is 8.77. The van der Waals surface area contributed by atoms with Crippen molar-refractivity contribution in [3.8, 4) is 0 Å². The maximum Gasteiger partial charge on any atom is 0.161 e. The Kier molecular flexibility index (Phi) is 3.46. The predicted molar refractivity (Wildman–Crippen MR) is 74.8 cm³/mol. The smallest absolute Gasteiger partial charge is 0.161 e. The van der Waals surface area contributed by atoms with Gasteiger partial charge in [0.15, 0.2) is 5.65 Å². The number of nitrogens with zero attached hydrogens (tertiary/aromatic N) is 4. The molecule has 0 amide bonds. The molecule has 5 nitrogen and oxygen atoms in total. The van der Waals surface area contributed by atoms with Crippen LogP contribution in [0.15, 0.2) is 12.5 Å². The molecule has 1 atom stereocenters. The third-order valence-electron chi connectivity index (χ3n) is 3.87. The molecule has 5 heteroatoms. The minimum Gasteiger partial charge on any atom is -0.313 e. The van der Waals surface area contributed by atoms with Gasteiger partial charge in [-0.2, -0.15) is 5.10 Å². The topological polar surface area (TPSA) is 55.6 Å². The van der Waals surface area contributed by atoms with E-state index in [1.54, 1.807) is 6.33 Å². The van der Waals surface area contributed by atoms with Crippen molar-refractivity contribution in [3.63, 3.8) is 0 Å². The third kappa shape index (κ3) is 2.61. The number of aryl methyl sites for hydroxylation is 1. The summed E-state index contributed by atoms with van der Waals surface area (Å²) in [5.41, 5.74) is 2.05. The summed E-state index contributed by atoms with van der Waals surface area (Å²) in [6.45, 7) is 3.30. The van der Waals surface area contributed by atoms with Crippen LogP contribution >= 0.6 is 0 Å². The molecule has 0 saturated heterocycles. The zero-order valence-electron chi connectivity index (χ0n) is 11.6. The van der Waals surface area contributed by atoms with E-state index < -0.39 is 0 Å². The Labute approximate surface area is 113 Å². The van der Waals surface area contributed by atoms with Crippen LogP contribution in [0.25, 0.3) is 11.0 Å². The van der Waals surface area contributed by atoms with Crippen molar-refractivity contribution in [3.05, 3.63) is 18.2 Å². The van der Waals surface area contributed by atoms with Crippen LogP contribution in [0.1, 0.15) is 31.9 Å². The van der Waals surface area contributed by atoms with Crippen molar-refractivity contribution < 1.29 is 0 Å². The van der Waals surface area contributed by atoms with Crippen LogP contribution in [0.5, 0.6) is 0 Å². The van der Waals surface area contributed by atoms with E-state index in [1.807, 2.05) is 17.9 Å². The van der Waals surface area contributed by atoms with Gasteiger partial charge in [-0.3, -0.25) is 4.68 Å². The van der Waals surface area contributed by atoms with Crippen molar-refractivity contribution in [1.82, 2.24) is 25.1 Å². The van der Waals surface area contributed by atoms with E-state index in [1.165, 1.54) is 19.3 Å². The van der Waals surface area contributed by atoms with Gasteiger partial charge in [0.2, 0.25) is 0 Å². The van der Waals surface area contributed by atoms with Gasteiger partial charge in [0.25, 0.3) is 0 Å². The molecule has 3 rings (SSSR count). The van der Waals surface area contributed by atoms with Crippen LogP contribution in [0, 0.1) is 5.92 Å². The molecule has 1 aliphatic carbocycles. The molecule has 2 aromatic heterocycles. The molecule has 19 heavy (non-hydrogen) atoms. The van der Waals surface area contributed by atoms with E-state index in [0.717, 1.165) is 35.6 Å². The van der Waals surface area contributed by atoms with E-state index in [0.29, 0.717) is 6.04 Å². The molecule has 0 bridgehead atoms. The van der Waals surface area contributed by atoms with E-state index >= 15 is 0 Å². The molecule has 1 aliphatic rings. The summed E-state index contributed by atoms with van der Waals surface area (Å²) in [6, 6.07) is 0.554. The Balaban J connectivity index is 1.82. The average Bonchev–Trinajstić information content (AvgIpc) is 3.20. The number of aromatic nitrogens is 4. The van der Waals surface area contributed by atoms with Gasteiger partial charge >= 0.3 is 0 Å². The summed E-state index contributed by atoms with van der Waals surface area (Å²) in [7, 11) is 1.92. The molecule has 2 heterocycles.